The van der Waals surface area contributed by atoms with Gasteiger partial charge in [0.1, 0.15) is 0 Å². The molecule has 0 fully saturated rings. The summed E-state index contributed by atoms with van der Waals surface area (Å²) in [5.41, 5.74) is 0. The molecule has 2 nitrogen and oxygen atoms in total. The number of allylic oxidation sites excluding steroid dienone is 3. The van der Waals surface area contributed by atoms with E-state index < -0.39 is 0 Å². The first-order chi connectivity index (χ1) is 5.83. The van der Waals surface area contributed by atoms with Gasteiger partial charge in [0, 0.05) is 6.42 Å². The van der Waals surface area contributed by atoms with Gasteiger partial charge in [0.2, 0.25) is 0 Å². The number of unbranched alkanes of at least 4 members (excludes halogenated alkanes) is 1. The topological polar surface area (TPSA) is 47.6 Å². The maximum Gasteiger partial charge on any atom is 0.0663 e. The molecule has 0 radical (unpaired) electrons. The van der Waals surface area contributed by atoms with Gasteiger partial charge in [-0.15, -0.1) is 6.58 Å². The maximum absolute atomic E-state index is 7.90. The fourth-order valence-corrected chi connectivity index (χ4v) is 0.337. The second-order valence-electron chi connectivity index (χ2n) is 1.92. The second kappa shape index (κ2) is 16.2. The van der Waals surface area contributed by atoms with Gasteiger partial charge in [-0.1, -0.05) is 18.2 Å². The van der Waals surface area contributed by atoms with Crippen LogP contribution in [0, 0.1) is 22.7 Å². The molecule has 0 saturated heterocycles. The van der Waals surface area contributed by atoms with E-state index in [4.69, 9.17) is 10.5 Å². The first-order valence-corrected chi connectivity index (χ1v) is 3.79. The summed E-state index contributed by atoms with van der Waals surface area (Å²) in [7, 11) is 0. The Morgan fingerprint density at radius 2 is 2.00 bits per heavy atom. The third-order valence-corrected chi connectivity index (χ3v) is 0.905. The van der Waals surface area contributed by atoms with Gasteiger partial charge in [-0.25, -0.2) is 0 Å². The van der Waals surface area contributed by atoms with Crippen molar-refractivity contribution < 1.29 is 0 Å². The van der Waals surface area contributed by atoms with Crippen LogP contribution in [0.2, 0.25) is 0 Å². The number of hydrogen-bond acceptors (Lipinski definition) is 2. The monoisotopic (exact) mass is 162 g/mol. The number of nitriles is 2. The highest BCUT2D eigenvalue weighted by atomic mass is 14.2. The highest BCUT2D eigenvalue weighted by molar-refractivity contribution is 4.87. The summed E-state index contributed by atoms with van der Waals surface area (Å²) >= 11 is 0. The fourth-order valence-electron chi connectivity index (χ4n) is 0.337. The summed E-state index contributed by atoms with van der Waals surface area (Å²) in [6.45, 7) is 5.35. The molecule has 12 heavy (non-hydrogen) atoms. The van der Waals surface area contributed by atoms with Crippen molar-refractivity contribution in [3.8, 4) is 12.1 Å². The van der Waals surface area contributed by atoms with Gasteiger partial charge in [-0.3, -0.25) is 0 Å². The van der Waals surface area contributed by atoms with Gasteiger partial charge >= 0.3 is 0 Å². The van der Waals surface area contributed by atoms with Crippen molar-refractivity contribution in [3.63, 3.8) is 0 Å². The van der Waals surface area contributed by atoms with Crippen molar-refractivity contribution in [2.75, 3.05) is 0 Å². The highest BCUT2D eigenvalue weighted by Crippen LogP contribution is 1.82. The van der Waals surface area contributed by atoms with Crippen molar-refractivity contribution in [2.45, 2.75) is 26.2 Å². The minimum Gasteiger partial charge on any atom is -0.198 e. The average molecular weight is 162 g/mol. The van der Waals surface area contributed by atoms with Gasteiger partial charge < -0.3 is 0 Å². The first kappa shape index (κ1) is 13.1. The second-order valence-corrected chi connectivity index (χ2v) is 1.92. The number of nitrogens with zero attached hydrogens (tertiary/aromatic N) is 2. The lowest BCUT2D eigenvalue weighted by Crippen LogP contribution is -1.57. The summed E-state index contributed by atoms with van der Waals surface area (Å²) in [4.78, 5) is 0. The summed E-state index contributed by atoms with van der Waals surface area (Å²) in [5, 5.41) is 15.8. The predicted octanol–water partition coefficient (Wildman–Crippen LogP) is 2.95. The Morgan fingerprint density at radius 3 is 2.17 bits per heavy atom. The van der Waals surface area contributed by atoms with Crippen LogP contribution in [0.1, 0.15) is 26.2 Å². The molecule has 0 unspecified atom stereocenters. The SMILES string of the molecule is C=CCCC#N.CC=CCC#N. The number of rotatable bonds is 3. The standard InChI is InChI=1S/2C5H7N/c2*1-2-3-4-5-6/h2-3H,4H2,1H3;2H,1,3-4H2. The molecule has 0 atom stereocenters. The van der Waals surface area contributed by atoms with E-state index in [0.717, 1.165) is 6.42 Å². The van der Waals surface area contributed by atoms with Gasteiger partial charge in [-0.2, -0.15) is 10.5 Å². The molecule has 0 spiro atoms. The summed E-state index contributed by atoms with van der Waals surface area (Å²) in [5.74, 6) is 0. The zero-order valence-corrected chi connectivity index (χ0v) is 7.45. The van der Waals surface area contributed by atoms with Crippen LogP contribution >= 0.6 is 0 Å². The van der Waals surface area contributed by atoms with Crippen molar-refractivity contribution >= 4 is 0 Å². The van der Waals surface area contributed by atoms with Crippen LogP contribution in [-0.2, 0) is 0 Å². The molecule has 0 bridgehead atoms. The molecule has 0 aliphatic carbocycles. The highest BCUT2D eigenvalue weighted by Gasteiger charge is 1.69. The Labute approximate surface area is 74.4 Å². The zero-order chi connectivity index (χ0) is 9.66. The lowest BCUT2D eigenvalue weighted by Gasteiger charge is -1.70. The molecule has 0 aromatic heterocycles. The van der Waals surface area contributed by atoms with Crippen LogP contribution < -0.4 is 0 Å². The molecular formula is C10H14N2. The molecular weight excluding hydrogens is 148 g/mol. The summed E-state index contributed by atoms with van der Waals surface area (Å²) in [6.07, 6.45) is 7.38. The molecule has 0 aromatic rings. The molecule has 0 rings (SSSR count). The molecule has 0 aliphatic rings. The summed E-state index contributed by atoms with van der Waals surface area (Å²) < 4.78 is 0. The van der Waals surface area contributed by atoms with Gasteiger partial charge in [0.25, 0.3) is 0 Å². The van der Waals surface area contributed by atoms with Crippen molar-refractivity contribution in [1.82, 2.24) is 0 Å². The normalized spacial score (nSPS) is 7.58. The fraction of sp³-hybridized carbons (Fsp3) is 0.400. The van der Waals surface area contributed by atoms with Gasteiger partial charge in [0.05, 0.1) is 18.6 Å². The molecule has 2 heteroatoms. The largest absolute Gasteiger partial charge is 0.198 e. The maximum atomic E-state index is 7.90. The molecule has 0 aromatic carbocycles. The van der Waals surface area contributed by atoms with E-state index in [1.165, 1.54) is 0 Å². The Bertz CT molecular complexity index is 191. The molecule has 0 N–H and O–H groups in total. The zero-order valence-electron chi connectivity index (χ0n) is 7.45. The van der Waals surface area contributed by atoms with Gasteiger partial charge in [0.15, 0.2) is 0 Å². The summed E-state index contributed by atoms with van der Waals surface area (Å²) in [6, 6.07) is 3.98. The third-order valence-electron chi connectivity index (χ3n) is 0.905. The van der Waals surface area contributed by atoms with E-state index in [1.807, 2.05) is 31.2 Å². The third kappa shape index (κ3) is 23.7. The molecule has 0 amide bonds. The van der Waals surface area contributed by atoms with Crippen LogP contribution in [-0.4, -0.2) is 0 Å². The minimum absolute atomic E-state index is 0.538. The molecule has 0 heterocycles. The Kier molecular flexibility index (Phi) is 17.7. The van der Waals surface area contributed by atoms with E-state index in [2.05, 4.69) is 6.58 Å². The Morgan fingerprint density at radius 1 is 1.33 bits per heavy atom. The van der Waals surface area contributed by atoms with E-state index in [9.17, 15) is 0 Å². The smallest absolute Gasteiger partial charge is 0.0663 e. The van der Waals surface area contributed by atoms with Crippen LogP contribution in [0.15, 0.2) is 24.8 Å². The number of hydrogen-bond donors (Lipinski definition) is 0. The predicted molar refractivity (Wildman–Crippen MR) is 50.1 cm³/mol. The lowest BCUT2D eigenvalue weighted by atomic mass is 10.3. The van der Waals surface area contributed by atoms with E-state index in [-0.39, 0.29) is 0 Å². The average Bonchev–Trinajstić information content (AvgIpc) is 2.12. The molecule has 0 aliphatic heterocycles. The Balaban J connectivity index is 0. The van der Waals surface area contributed by atoms with Crippen LogP contribution in [0.5, 0.6) is 0 Å². The van der Waals surface area contributed by atoms with Crippen LogP contribution in [0.25, 0.3) is 0 Å². The molecule has 64 valence electrons. The van der Waals surface area contributed by atoms with Crippen molar-refractivity contribution in [3.05, 3.63) is 24.8 Å². The lowest BCUT2D eigenvalue weighted by molar-refractivity contribution is 1.07. The Hall–Kier alpha value is -1.54. The van der Waals surface area contributed by atoms with E-state index >= 15 is 0 Å². The molecule has 0 saturated carbocycles. The van der Waals surface area contributed by atoms with Crippen molar-refractivity contribution in [1.29, 1.82) is 10.5 Å². The first-order valence-electron chi connectivity index (χ1n) is 3.79. The van der Waals surface area contributed by atoms with Crippen molar-refractivity contribution in [2.24, 2.45) is 0 Å². The van der Waals surface area contributed by atoms with Gasteiger partial charge in [-0.05, 0) is 13.3 Å². The quantitative estimate of drug-likeness (QED) is 0.473. The van der Waals surface area contributed by atoms with E-state index in [0.29, 0.717) is 12.8 Å². The van der Waals surface area contributed by atoms with E-state index in [1.54, 1.807) is 6.08 Å². The minimum atomic E-state index is 0.538. The van der Waals surface area contributed by atoms with Crippen LogP contribution in [0.4, 0.5) is 0 Å². The van der Waals surface area contributed by atoms with Crippen LogP contribution in [0.3, 0.4) is 0 Å².